The highest BCUT2D eigenvalue weighted by molar-refractivity contribution is 9.10. The summed E-state index contributed by atoms with van der Waals surface area (Å²) in [5.74, 6) is -0.902. The molecule has 1 aromatic carbocycles. The van der Waals surface area contributed by atoms with E-state index >= 15 is 0 Å². The lowest BCUT2D eigenvalue weighted by Gasteiger charge is -2.07. The van der Waals surface area contributed by atoms with Gasteiger partial charge < -0.3 is 5.32 Å². The Morgan fingerprint density at radius 3 is 2.53 bits per heavy atom. The molecular weight excluding hydrogens is 315 g/mol. The Hall–Kier alpha value is -1.27. The van der Waals surface area contributed by atoms with Gasteiger partial charge in [-0.1, -0.05) is 11.6 Å². The van der Waals surface area contributed by atoms with Crippen molar-refractivity contribution in [2.45, 2.75) is 0 Å². The van der Waals surface area contributed by atoms with Crippen LogP contribution in [-0.2, 0) is 0 Å². The number of nitrogens with zero attached hydrogens (tertiary/aromatic N) is 2. The molecule has 0 fully saturated rings. The molecule has 0 bridgehead atoms. The first-order chi connectivity index (χ1) is 8.06. The molecule has 0 spiro atoms. The summed E-state index contributed by atoms with van der Waals surface area (Å²) in [6, 6.07) is 5.05. The Labute approximate surface area is 109 Å². The lowest BCUT2D eigenvalue weighted by Crippen LogP contribution is -1.98. The maximum Gasteiger partial charge on any atom is 0.153 e. The zero-order chi connectivity index (χ0) is 12.4. The van der Waals surface area contributed by atoms with Crippen LogP contribution in [0.25, 0.3) is 0 Å². The minimum absolute atomic E-state index is 0.0256. The minimum Gasteiger partial charge on any atom is -0.336 e. The van der Waals surface area contributed by atoms with E-state index in [1.54, 1.807) is 0 Å². The Kier molecular flexibility index (Phi) is 3.54. The predicted molar refractivity (Wildman–Crippen MR) is 64.4 cm³/mol. The highest BCUT2D eigenvalue weighted by Crippen LogP contribution is 2.25. The van der Waals surface area contributed by atoms with Gasteiger partial charge in [-0.2, -0.15) is 0 Å². The van der Waals surface area contributed by atoms with Gasteiger partial charge in [0.25, 0.3) is 0 Å². The molecule has 1 heterocycles. The molecule has 17 heavy (non-hydrogen) atoms. The SMILES string of the molecule is Fc1cc(Nc2ccc(Cl)nn2)c(F)cc1Br. The second kappa shape index (κ2) is 4.93. The van der Waals surface area contributed by atoms with Crippen LogP contribution in [0.15, 0.2) is 28.7 Å². The van der Waals surface area contributed by atoms with Crippen molar-refractivity contribution in [2.24, 2.45) is 0 Å². The Morgan fingerprint density at radius 2 is 1.88 bits per heavy atom. The van der Waals surface area contributed by atoms with Crippen molar-refractivity contribution < 1.29 is 8.78 Å². The Bertz CT molecular complexity index is 548. The van der Waals surface area contributed by atoms with Crippen LogP contribution in [-0.4, -0.2) is 10.2 Å². The maximum atomic E-state index is 13.5. The third-order valence-corrected chi connectivity index (χ3v) is 2.71. The van der Waals surface area contributed by atoms with Crippen molar-refractivity contribution in [3.63, 3.8) is 0 Å². The zero-order valence-corrected chi connectivity index (χ0v) is 10.6. The van der Waals surface area contributed by atoms with E-state index < -0.39 is 11.6 Å². The predicted octanol–water partition coefficient (Wildman–Crippen LogP) is 3.91. The highest BCUT2D eigenvalue weighted by atomic mass is 79.9. The number of hydrogen-bond acceptors (Lipinski definition) is 3. The Morgan fingerprint density at radius 1 is 1.12 bits per heavy atom. The molecule has 0 aliphatic heterocycles. The molecule has 88 valence electrons. The number of nitrogens with one attached hydrogen (secondary N) is 1. The van der Waals surface area contributed by atoms with E-state index in [1.165, 1.54) is 12.1 Å². The highest BCUT2D eigenvalue weighted by Gasteiger charge is 2.09. The van der Waals surface area contributed by atoms with Crippen molar-refractivity contribution in [3.8, 4) is 0 Å². The van der Waals surface area contributed by atoms with E-state index in [-0.39, 0.29) is 21.1 Å². The van der Waals surface area contributed by atoms with Crippen LogP contribution < -0.4 is 5.32 Å². The molecule has 0 radical (unpaired) electrons. The summed E-state index contributed by atoms with van der Waals surface area (Å²) >= 11 is 8.44. The lowest BCUT2D eigenvalue weighted by molar-refractivity contribution is 0.597. The van der Waals surface area contributed by atoms with Crippen LogP contribution in [0.4, 0.5) is 20.3 Å². The summed E-state index contributed by atoms with van der Waals surface area (Å²) in [4.78, 5) is 0. The number of benzene rings is 1. The third kappa shape index (κ3) is 2.89. The van der Waals surface area contributed by atoms with Gasteiger partial charge >= 0.3 is 0 Å². The molecule has 2 aromatic rings. The van der Waals surface area contributed by atoms with Gasteiger partial charge in [0.05, 0.1) is 10.2 Å². The molecule has 0 saturated heterocycles. The number of halogens is 4. The fourth-order valence-electron chi connectivity index (χ4n) is 1.14. The van der Waals surface area contributed by atoms with Crippen LogP contribution in [0.5, 0.6) is 0 Å². The molecule has 3 nitrogen and oxygen atoms in total. The van der Waals surface area contributed by atoms with Gasteiger partial charge in [-0.3, -0.25) is 0 Å². The quantitative estimate of drug-likeness (QED) is 0.852. The van der Waals surface area contributed by atoms with Crippen molar-refractivity contribution >= 4 is 39.0 Å². The third-order valence-electron chi connectivity index (χ3n) is 1.90. The van der Waals surface area contributed by atoms with Gasteiger partial charge in [0.15, 0.2) is 11.0 Å². The average molecular weight is 321 g/mol. The van der Waals surface area contributed by atoms with Crippen LogP contribution in [0.2, 0.25) is 5.15 Å². The van der Waals surface area contributed by atoms with Crippen LogP contribution in [0, 0.1) is 11.6 Å². The number of aromatic nitrogens is 2. The topological polar surface area (TPSA) is 37.8 Å². The largest absolute Gasteiger partial charge is 0.336 e. The normalized spacial score (nSPS) is 10.4. The first kappa shape index (κ1) is 12.2. The van der Waals surface area contributed by atoms with Crippen LogP contribution >= 0.6 is 27.5 Å². The molecule has 0 saturated carbocycles. The first-order valence-electron chi connectivity index (χ1n) is 4.47. The van der Waals surface area contributed by atoms with Gasteiger partial charge in [-0.05, 0) is 34.1 Å². The van der Waals surface area contributed by atoms with Gasteiger partial charge in [-0.25, -0.2) is 8.78 Å². The van der Waals surface area contributed by atoms with Crippen molar-refractivity contribution in [1.29, 1.82) is 0 Å². The molecule has 1 N–H and O–H groups in total. The van der Waals surface area contributed by atoms with E-state index in [2.05, 4.69) is 31.4 Å². The van der Waals surface area contributed by atoms with Crippen molar-refractivity contribution in [3.05, 3.63) is 45.5 Å². The first-order valence-corrected chi connectivity index (χ1v) is 5.64. The fourth-order valence-corrected chi connectivity index (χ4v) is 1.56. The number of rotatable bonds is 2. The van der Waals surface area contributed by atoms with Gasteiger partial charge in [0.2, 0.25) is 0 Å². The average Bonchev–Trinajstić information content (AvgIpc) is 2.29. The van der Waals surface area contributed by atoms with E-state index in [0.29, 0.717) is 0 Å². The molecule has 0 atom stereocenters. The molecule has 0 aliphatic rings. The number of anilines is 2. The molecule has 0 unspecified atom stereocenters. The van der Waals surface area contributed by atoms with Gasteiger partial charge in [-0.15, -0.1) is 10.2 Å². The molecule has 2 rings (SSSR count). The maximum absolute atomic E-state index is 13.5. The smallest absolute Gasteiger partial charge is 0.153 e. The lowest BCUT2D eigenvalue weighted by atomic mass is 10.3. The summed E-state index contributed by atoms with van der Waals surface area (Å²) in [7, 11) is 0. The Balaban J connectivity index is 2.30. The summed E-state index contributed by atoms with van der Waals surface area (Å²) in [5.41, 5.74) is -0.0256. The molecule has 1 aromatic heterocycles. The second-order valence-electron chi connectivity index (χ2n) is 3.11. The minimum atomic E-state index is -0.602. The van der Waals surface area contributed by atoms with Crippen molar-refractivity contribution in [2.75, 3.05) is 5.32 Å². The van der Waals surface area contributed by atoms with E-state index in [9.17, 15) is 8.78 Å². The van der Waals surface area contributed by atoms with Crippen LogP contribution in [0.1, 0.15) is 0 Å². The van der Waals surface area contributed by atoms with Crippen molar-refractivity contribution in [1.82, 2.24) is 10.2 Å². The molecule has 0 aliphatic carbocycles. The second-order valence-corrected chi connectivity index (χ2v) is 4.35. The summed E-state index contributed by atoms with van der Waals surface area (Å²) in [5, 5.41) is 10.1. The molecular formula is C10H5BrClF2N3. The van der Waals surface area contributed by atoms with E-state index in [1.807, 2.05) is 0 Å². The summed E-state index contributed by atoms with van der Waals surface area (Å²) in [6.45, 7) is 0. The molecule has 7 heteroatoms. The standard InChI is InChI=1S/C10H5BrClF2N3/c11-5-3-7(14)8(4-6(5)13)15-10-2-1-9(12)16-17-10/h1-4H,(H,15,17). The fraction of sp³-hybridized carbons (Fsp3) is 0. The number of hydrogen-bond donors (Lipinski definition) is 1. The molecule has 0 amide bonds. The van der Waals surface area contributed by atoms with E-state index in [0.717, 1.165) is 12.1 Å². The van der Waals surface area contributed by atoms with Crippen LogP contribution in [0.3, 0.4) is 0 Å². The zero-order valence-electron chi connectivity index (χ0n) is 8.22. The summed E-state index contributed by atoms with van der Waals surface area (Å²) < 4.78 is 26.7. The van der Waals surface area contributed by atoms with Gasteiger partial charge in [0.1, 0.15) is 11.6 Å². The summed E-state index contributed by atoms with van der Waals surface area (Å²) in [6.07, 6.45) is 0. The van der Waals surface area contributed by atoms with E-state index in [4.69, 9.17) is 11.6 Å². The van der Waals surface area contributed by atoms with Gasteiger partial charge in [0, 0.05) is 6.07 Å². The monoisotopic (exact) mass is 319 g/mol.